The quantitative estimate of drug-likeness (QED) is 0.852. The lowest BCUT2D eigenvalue weighted by Gasteiger charge is -2.36. The van der Waals surface area contributed by atoms with Gasteiger partial charge in [0.05, 0.1) is 20.3 Å². The highest BCUT2D eigenvalue weighted by atomic mass is 35.5. The van der Waals surface area contributed by atoms with E-state index in [2.05, 4.69) is 10.2 Å². The molecule has 2 saturated heterocycles. The summed E-state index contributed by atoms with van der Waals surface area (Å²) in [7, 11) is 1.67. The molecule has 1 atom stereocenters. The number of carbonyl (C=O) groups excluding carboxylic acids is 1. The van der Waals surface area contributed by atoms with Crippen LogP contribution in [0.3, 0.4) is 0 Å². The van der Waals surface area contributed by atoms with Crippen LogP contribution in [0, 0.1) is 0 Å². The number of amides is 1. The highest BCUT2D eigenvalue weighted by molar-refractivity contribution is 6.30. The van der Waals surface area contributed by atoms with Crippen molar-refractivity contribution in [2.45, 2.75) is 19.0 Å². The Hall–Kier alpha value is -1.34. The molecule has 2 aliphatic heterocycles. The molecule has 1 aromatic rings. The number of methoxy groups -OCH3 is 1. The van der Waals surface area contributed by atoms with E-state index in [0.29, 0.717) is 18.1 Å². The minimum Gasteiger partial charge on any atom is -0.496 e. The van der Waals surface area contributed by atoms with Gasteiger partial charge in [0.15, 0.2) is 0 Å². The third-order valence-corrected chi connectivity index (χ3v) is 5.02. The third-order valence-electron chi connectivity index (χ3n) is 4.78. The zero-order valence-corrected chi connectivity index (χ0v) is 15.4. The molecule has 2 heterocycles. The third kappa shape index (κ3) is 5.07. The Balaban J connectivity index is 1.48. The standard InChI is InChI=1S/C18H26ClN3O3/c1-24-17-3-2-15(19)10-14(17)12-21-5-7-22(8-6-21)18(23)11-16-13-25-9-4-20-16/h2-3,10,16,20H,4-9,11-13H2,1H3. The van der Waals surface area contributed by atoms with Crippen molar-refractivity contribution in [3.63, 3.8) is 0 Å². The minimum absolute atomic E-state index is 0.148. The Labute approximate surface area is 154 Å². The average molecular weight is 368 g/mol. The second kappa shape index (κ2) is 8.85. The molecule has 7 heteroatoms. The fraction of sp³-hybridized carbons (Fsp3) is 0.611. The molecule has 0 spiro atoms. The second-order valence-corrected chi connectivity index (χ2v) is 6.98. The normalized spacial score (nSPS) is 22.0. The van der Waals surface area contributed by atoms with Crippen molar-refractivity contribution in [1.29, 1.82) is 0 Å². The molecule has 25 heavy (non-hydrogen) atoms. The molecule has 2 fully saturated rings. The van der Waals surface area contributed by atoms with Crippen molar-refractivity contribution in [2.75, 3.05) is 53.0 Å². The van der Waals surface area contributed by atoms with Gasteiger partial charge in [-0.3, -0.25) is 9.69 Å². The predicted octanol–water partition coefficient (Wildman–Crippen LogP) is 1.37. The van der Waals surface area contributed by atoms with Gasteiger partial charge in [0.1, 0.15) is 5.75 Å². The summed E-state index contributed by atoms with van der Waals surface area (Å²) in [6.07, 6.45) is 0.516. The molecule has 6 nitrogen and oxygen atoms in total. The van der Waals surface area contributed by atoms with Gasteiger partial charge in [0, 0.05) is 62.3 Å². The molecule has 0 aliphatic carbocycles. The predicted molar refractivity (Wildman–Crippen MR) is 97.1 cm³/mol. The van der Waals surface area contributed by atoms with Crippen molar-refractivity contribution >= 4 is 17.5 Å². The van der Waals surface area contributed by atoms with Crippen LogP contribution in [0.4, 0.5) is 0 Å². The Morgan fingerprint density at radius 1 is 1.36 bits per heavy atom. The van der Waals surface area contributed by atoms with Crippen LogP contribution >= 0.6 is 11.6 Å². The van der Waals surface area contributed by atoms with Crippen LogP contribution in [-0.4, -0.2) is 74.8 Å². The van der Waals surface area contributed by atoms with E-state index in [9.17, 15) is 4.79 Å². The van der Waals surface area contributed by atoms with Crippen LogP contribution in [-0.2, 0) is 16.1 Å². The van der Waals surface area contributed by atoms with Gasteiger partial charge in [-0.2, -0.15) is 0 Å². The smallest absolute Gasteiger partial charge is 0.224 e. The fourth-order valence-corrected chi connectivity index (χ4v) is 3.55. The number of rotatable bonds is 5. The second-order valence-electron chi connectivity index (χ2n) is 6.54. The molecule has 3 rings (SSSR count). The Morgan fingerprint density at radius 3 is 2.84 bits per heavy atom. The highest BCUT2D eigenvalue weighted by Crippen LogP contribution is 2.24. The first kappa shape index (κ1) is 18.5. The van der Waals surface area contributed by atoms with E-state index in [-0.39, 0.29) is 11.9 Å². The maximum atomic E-state index is 12.5. The van der Waals surface area contributed by atoms with E-state index in [0.717, 1.165) is 57.2 Å². The van der Waals surface area contributed by atoms with Crippen LogP contribution in [0.25, 0.3) is 0 Å². The number of hydrogen-bond acceptors (Lipinski definition) is 5. The van der Waals surface area contributed by atoms with Gasteiger partial charge in [-0.05, 0) is 18.2 Å². The number of carbonyl (C=O) groups is 1. The number of benzene rings is 1. The van der Waals surface area contributed by atoms with E-state index < -0.39 is 0 Å². The molecule has 1 unspecified atom stereocenters. The van der Waals surface area contributed by atoms with Crippen molar-refractivity contribution in [3.05, 3.63) is 28.8 Å². The molecule has 138 valence electrons. The monoisotopic (exact) mass is 367 g/mol. The fourth-order valence-electron chi connectivity index (χ4n) is 3.36. The van der Waals surface area contributed by atoms with Crippen molar-refractivity contribution in [1.82, 2.24) is 15.1 Å². The van der Waals surface area contributed by atoms with E-state index in [1.165, 1.54) is 0 Å². The average Bonchev–Trinajstić information content (AvgIpc) is 2.63. The van der Waals surface area contributed by atoms with Gasteiger partial charge in [0.2, 0.25) is 5.91 Å². The molecule has 0 bridgehead atoms. The van der Waals surface area contributed by atoms with E-state index in [1.54, 1.807) is 7.11 Å². The summed E-state index contributed by atoms with van der Waals surface area (Å²) < 4.78 is 10.8. The molecule has 0 radical (unpaired) electrons. The number of piperazine rings is 1. The van der Waals surface area contributed by atoms with Crippen molar-refractivity contribution < 1.29 is 14.3 Å². The largest absolute Gasteiger partial charge is 0.496 e. The lowest BCUT2D eigenvalue weighted by molar-refractivity contribution is -0.134. The molecule has 1 N–H and O–H groups in total. The Kier molecular flexibility index (Phi) is 6.53. The molecule has 0 saturated carbocycles. The summed E-state index contributed by atoms with van der Waals surface area (Å²) >= 11 is 6.11. The zero-order chi connectivity index (χ0) is 17.6. The van der Waals surface area contributed by atoms with Gasteiger partial charge in [-0.1, -0.05) is 11.6 Å². The lowest BCUT2D eigenvalue weighted by atomic mass is 10.1. The molecular weight excluding hydrogens is 342 g/mol. The number of hydrogen-bond donors (Lipinski definition) is 1. The van der Waals surface area contributed by atoms with Gasteiger partial charge in [-0.25, -0.2) is 0 Å². The first-order valence-corrected chi connectivity index (χ1v) is 9.17. The molecular formula is C18H26ClN3O3. The van der Waals surface area contributed by atoms with Gasteiger partial charge in [0.25, 0.3) is 0 Å². The molecule has 2 aliphatic rings. The van der Waals surface area contributed by atoms with Crippen LogP contribution in [0.2, 0.25) is 5.02 Å². The van der Waals surface area contributed by atoms with Crippen molar-refractivity contribution in [2.24, 2.45) is 0 Å². The summed E-state index contributed by atoms with van der Waals surface area (Å²) in [6.45, 7) is 6.20. The summed E-state index contributed by atoms with van der Waals surface area (Å²) in [6, 6.07) is 5.84. The van der Waals surface area contributed by atoms with Crippen molar-refractivity contribution in [3.8, 4) is 5.75 Å². The van der Waals surface area contributed by atoms with E-state index in [4.69, 9.17) is 21.1 Å². The number of morpholine rings is 1. The van der Waals surface area contributed by atoms with E-state index >= 15 is 0 Å². The summed E-state index contributed by atoms with van der Waals surface area (Å²) in [5.41, 5.74) is 1.08. The van der Waals surface area contributed by atoms with Crippen LogP contribution < -0.4 is 10.1 Å². The van der Waals surface area contributed by atoms with Crippen LogP contribution in [0.5, 0.6) is 5.75 Å². The maximum absolute atomic E-state index is 12.5. The number of nitrogens with one attached hydrogen (secondary N) is 1. The molecule has 1 amide bonds. The van der Waals surface area contributed by atoms with Crippen LogP contribution in [0.15, 0.2) is 18.2 Å². The molecule has 0 aromatic heterocycles. The first-order chi connectivity index (χ1) is 12.2. The minimum atomic E-state index is 0.148. The number of ether oxygens (including phenoxy) is 2. The maximum Gasteiger partial charge on any atom is 0.224 e. The molecule has 1 aromatic carbocycles. The number of halogens is 1. The Bertz CT molecular complexity index is 585. The summed E-state index contributed by atoms with van der Waals surface area (Å²) in [5, 5.41) is 4.05. The number of nitrogens with zero attached hydrogens (tertiary/aromatic N) is 2. The van der Waals surface area contributed by atoms with E-state index in [1.807, 2.05) is 23.1 Å². The summed E-state index contributed by atoms with van der Waals surface area (Å²) in [4.78, 5) is 16.7. The highest BCUT2D eigenvalue weighted by Gasteiger charge is 2.25. The lowest BCUT2D eigenvalue weighted by Crippen LogP contribution is -2.51. The van der Waals surface area contributed by atoms with Crippen LogP contribution in [0.1, 0.15) is 12.0 Å². The van der Waals surface area contributed by atoms with Gasteiger partial charge < -0.3 is 19.7 Å². The summed E-state index contributed by atoms with van der Waals surface area (Å²) in [5.74, 6) is 1.06. The van der Waals surface area contributed by atoms with Gasteiger partial charge in [-0.15, -0.1) is 0 Å². The van der Waals surface area contributed by atoms with Gasteiger partial charge >= 0.3 is 0 Å². The zero-order valence-electron chi connectivity index (χ0n) is 14.7. The first-order valence-electron chi connectivity index (χ1n) is 8.79. The SMILES string of the molecule is COc1ccc(Cl)cc1CN1CCN(C(=O)CC2COCCN2)CC1. The topological polar surface area (TPSA) is 54.0 Å². The Morgan fingerprint density at radius 2 is 2.16 bits per heavy atom.